The molecule has 0 spiro atoms. The molecule has 16 heavy (non-hydrogen) atoms. The van der Waals surface area contributed by atoms with Gasteiger partial charge in [-0.3, -0.25) is 4.79 Å². The Balaban J connectivity index is 2.55. The first-order chi connectivity index (χ1) is 7.59. The van der Waals surface area contributed by atoms with Gasteiger partial charge in [0, 0.05) is 13.0 Å². The molecule has 0 bridgehead atoms. The number of halogens is 1. The van der Waals surface area contributed by atoms with Crippen molar-refractivity contribution in [1.82, 2.24) is 9.55 Å². The van der Waals surface area contributed by atoms with Gasteiger partial charge in [0.15, 0.2) is 4.77 Å². The molecule has 0 atom stereocenters. The Morgan fingerprint density at radius 2 is 2.31 bits per heavy atom. The fourth-order valence-electron chi connectivity index (χ4n) is 1.61. The smallest absolute Gasteiger partial charge is 0.219 e. The van der Waals surface area contributed by atoms with Crippen LogP contribution in [-0.4, -0.2) is 15.5 Å². The molecule has 1 heterocycles. The van der Waals surface area contributed by atoms with E-state index in [4.69, 9.17) is 29.6 Å². The van der Waals surface area contributed by atoms with E-state index in [0.29, 0.717) is 16.3 Å². The minimum Gasteiger partial charge on any atom is -0.370 e. The van der Waals surface area contributed by atoms with Gasteiger partial charge < -0.3 is 15.3 Å². The molecule has 0 aliphatic heterocycles. The summed E-state index contributed by atoms with van der Waals surface area (Å²) in [5.74, 6) is -0.358. The summed E-state index contributed by atoms with van der Waals surface area (Å²) in [4.78, 5) is 13.8. The number of nitrogens with one attached hydrogen (secondary N) is 1. The summed E-state index contributed by atoms with van der Waals surface area (Å²) in [6.45, 7) is 0.442. The number of nitrogens with two attached hydrogens (primary N) is 1. The highest BCUT2D eigenvalue weighted by Gasteiger charge is 2.08. The second kappa shape index (κ2) is 4.27. The van der Waals surface area contributed by atoms with Crippen molar-refractivity contribution < 1.29 is 4.79 Å². The molecule has 0 radical (unpaired) electrons. The van der Waals surface area contributed by atoms with Crippen molar-refractivity contribution in [1.29, 1.82) is 0 Å². The highest BCUT2D eigenvalue weighted by Crippen LogP contribution is 2.23. The van der Waals surface area contributed by atoms with Crippen molar-refractivity contribution in [2.45, 2.75) is 13.0 Å². The van der Waals surface area contributed by atoms with E-state index >= 15 is 0 Å². The van der Waals surface area contributed by atoms with E-state index in [-0.39, 0.29) is 12.3 Å². The molecule has 0 saturated heterocycles. The van der Waals surface area contributed by atoms with Crippen molar-refractivity contribution >= 4 is 40.8 Å². The second-order valence-electron chi connectivity index (χ2n) is 3.43. The van der Waals surface area contributed by atoms with E-state index in [9.17, 15) is 4.79 Å². The number of carbonyl (C=O) groups is 1. The molecule has 4 nitrogen and oxygen atoms in total. The van der Waals surface area contributed by atoms with Crippen LogP contribution < -0.4 is 5.73 Å². The van der Waals surface area contributed by atoms with Gasteiger partial charge in [-0.1, -0.05) is 17.7 Å². The van der Waals surface area contributed by atoms with Crippen LogP contribution in [0.4, 0.5) is 0 Å². The quantitative estimate of drug-likeness (QED) is 0.826. The Morgan fingerprint density at radius 1 is 1.56 bits per heavy atom. The third-order valence-corrected chi connectivity index (χ3v) is 2.95. The second-order valence-corrected chi connectivity index (χ2v) is 4.23. The standard InChI is InChI=1S/C10H10ClN3OS/c11-6-2-1-3-7-9(6)14(10(16)13-7)5-4-8(12)15/h1-3H,4-5H2,(H2,12,15)(H,13,16). The summed E-state index contributed by atoms with van der Waals surface area (Å²) in [6, 6.07) is 5.51. The minimum atomic E-state index is -0.358. The van der Waals surface area contributed by atoms with Crippen LogP contribution >= 0.6 is 23.8 Å². The highest BCUT2D eigenvalue weighted by atomic mass is 35.5. The molecule has 1 aromatic heterocycles. The number of aromatic nitrogens is 2. The average molecular weight is 256 g/mol. The number of amides is 1. The first kappa shape index (κ1) is 11.2. The van der Waals surface area contributed by atoms with Gasteiger partial charge in [-0.05, 0) is 24.4 Å². The van der Waals surface area contributed by atoms with Crippen LogP contribution in [0.2, 0.25) is 5.02 Å². The molecule has 0 aliphatic carbocycles. The normalized spacial score (nSPS) is 10.8. The fraction of sp³-hybridized carbons (Fsp3) is 0.200. The van der Waals surface area contributed by atoms with Gasteiger partial charge in [0.2, 0.25) is 5.91 Å². The predicted molar refractivity (Wildman–Crippen MR) is 65.9 cm³/mol. The molecule has 84 valence electrons. The lowest BCUT2D eigenvalue weighted by molar-refractivity contribution is -0.118. The molecule has 1 aromatic carbocycles. The number of fused-ring (bicyclic) bond motifs is 1. The van der Waals surface area contributed by atoms with E-state index in [1.807, 2.05) is 12.1 Å². The topological polar surface area (TPSA) is 63.8 Å². The molecule has 0 saturated carbocycles. The van der Waals surface area contributed by atoms with Crippen LogP contribution in [0.25, 0.3) is 11.0 Å². The van der Waals surface area contributed by atoms with Crippen LogP contribution in [0.3, 0.4) is 0 Å². The molecule has 3 N–H and O–H groups in total. The SMILES string of the molecule is NC(=O)CCn1c(=S)[nH]c2cccc(Cl)c21. The van der Waals surface area contributed by atoms with E-state index in [2.05, 4.69) is 4.98 Å². The number of primary amides is 1. The Labute approximate surface area is 102 Å². The number of hydrogen-bond donors (Lipinski definition) is 2. The fourth-order valence-corrected chi connectivity index (χ4v) is 2.18. The third kappa shape index (κ3) is 1.96. The number of aryl methyl sites for hydroxylation is 1. The number of H-pyrrole nitrogens is 1. The summed E-state index contributed by atoms with van der Waals surface area (Å²) in [7, 11) is 0. The molecule has 0 aliphatic rings. The summed E-state index contributed by atoms with van der Waals surface area (Å²) in [5.41, 5.74) is 6.79. The highest BCUT2D eigenvalue weighted by molar-refractivity contribution is 7.71. The molecule has 1 amide bonds. The maximum Gasteiger partial charge on any atom is 0.219 e. The van der Waals surface area contributed by atoms with Gasteiger partial charge in [0.1, 0.15) is 0 Å². The number of carbonyl (C=O) groups excluding carboxylic acids is 1. The first-order valence-corrected chi connectivity index (χ1v) is 5.53. The maximum atomic E-state index is 10.8. The number of aromatic amines is 1. The number of hydrogen-bond acceptors (Lipinski definition) is 2. The van der Waals surface area contributed by atoms with Gasteiger partial charge >= 0.3 is 0 Å². The first-order valence-electron chi connectivity index (χ1n) is 4.75. The van der Waals surface area contributed by atoms with E-state index in [1.165, 1.54) is 0 Å². The Kier molecular flexibility index (Phi) is 2.98. The summed E-state index contributed by atoms with van der Waals surface area (Å²) in [5, 5.41) is 0.606. The molecular weight excluding hydrogens is 246 g/mol. The predicted octanol–water partition coefficient (Wildman–Crippen LogP) is 2.23. The zero-order chi connectivity index (χ0) is 11.7. The lowest BCUT2D eigenvalue weighted by Gasteiger charge is -2.03. The lowest BCUT2D eigenvalue weighted by Crippen LogP contribution is -2.13. The summed E-state index contributed by atoms with van der Waals surface area (Å²) >= 11 is 11.2. The molecular formula is C10H10ClN3OS. The van der Waals surface area contributed by atoms with Crippen molar-refractivity contribution in [3.05, 3.63) is 28.0 Å². The van der Waals surface area contributed by atoms with Gasteiger partial charge in [0.25, 0.3) is 0 Å². The average Bonchev–Trinajstić information content (AvgIpc) is 2.52. The monoisotopic (exact) mass is 255 g/mol. The van der Waals surface area contributed by atoms with Gasteiger partial charge in [-0.15, -0.1) is 0 Å². The largest absolute Gasteiger partial charge is 0.370 e. The van der Waals surface area contributed by atoms with Crippen LogP contribution in [0.15, 0.2) is 18.2 Å². The zero-order valence-corrected chi connectivity index (χ0v) is 9.94. The molecule has 0 fully saturated rings. The number of rotatable bonds is 3. The third-order valence-electron chi connectivity index (χ3n) is 2.33. The molecule has 6 heteroatoms. The van der Waals surface area contributed by atoms with Gasteiger partial charge in [0.05, 0.1) is 16.1 Å². The number of nitrogens with zero attached hydrogens (tertiary/aromatic N) is 1. The van der Waals surface area contributed by atoms with Crippen molar-refractivity contribution in [2.24, 2.45) is 5.73 Å². The van der Waals surface area contributed by atoms with Crippen molar-refractivity contribution in [3.63, 3.8) is 0 Å². The lowest BCUT2D eigenvalue weighted by atomic mass is 10.3. The maximum absolute atomic E-state index is 10.8. The van der Waals surface area contributed by atoms with Crippen molar-refractivity contribution in [2.75, 3.05) is 0 Å². The zero-order valence-electron chi connectivity index (χ0n) is 8.37. The Hall–Kier alpha value is -1.33. The molecule has 2 aromatic rings. The summed E-state index contributed by atoms with van der Waals surface area (Å²) in [6.07, 6.45) is 0.243. The number of para-hydroxylation sites is 1. The van der Waals surface area contributed by atoms with E-state index in [0.717, 1.165) is 11.0 Å². The number of imidazole rings is 1. The van der Waals surface area contributed by atoms with E-state index in [1.54, 1.807) is 10.6 Å². The van der Waals surface area contributed by atoms with Crippen molar-refractivity contribution in [3.8, 4) is 0 Å². The molecule has 0 unspecified atom stereocenters. The van der Waals surface area contributed by atoms with Crippen LogP contribution in [-0.2, 0) is 11.3 Å². The van der Waals surface area contributed by atoms with Crippen LogP contribution in [0.5, 0.6) is 0 Å². The number of benzene rings is 1. The Morgan fingerprint density at radius 3 is 3.00 bits per heavy atom. The van der Waals surface area contributed by atoms with Gasteiger partial charge in [-0.2, -0.15) is 0 Å². The van der Waals surface area contributed by atoms with Gasteiger partial charge in [-0.25, -0.2) is 0 Å². The van der Waals surface area contributed by atoms with Crippen LogP contribution in [0.1, 0.15) is 6.42 Å². The minimum absolute atomic E-state index is 0.243. The Bertz CT molecular complexity index is 602. The molecule has 2 rings (SSSR count). The van der Waals surface area contributed by atoms with E-state index < -0.39 is 0 Å². The van der Waals surface area contributed by atoms with Crippen LogP contribution in [0, 0.1) is 4.77 Å². The summed E-state index contributed by atoms with van der Waals surface area (Å²) < 4.78 is 2.34.